The quantitative estimate of drug-likeness (QED) is 0.683. The van der Waals surface area contributed by atoms with Crippen molar-refractivity contribution in [2.24, 2.45) is 0 Å². The average molecular weight is 236 g/mol. The summed E-state index contributed by atoms with van der Waals surface area (Å²) >= 11 is 0. The predicted octanol–water partition coefficient (Wildman–Crippen LogP) is 2.97. The highest BCUT2D eigenvalue weighted by Crippen LogP contribution is 2.13. The summed E-state index contributed by atoms with van der Waals surface area (Å²) in [6.07, 6.45) is 2.18. The fourth-order valence-electron chi connectivity index (χ4n) is 1.36. The van der Waals surface area contributed by atoms with Crippen LogP contribution in [0, 0.1) is 0 Å². The van der Waals surface area contributed by atoms with E-state index in [-0.39, 0.29) is 5.97 Å². The summed E-state index contributed by atoms with van der Waals surface area (Å²) in [5.74, 6) is 0.673. The molecule has 0 aliphatic heterocycles. The maximum Gasteiger partial charge on any atom is 0.310 e. The highest BCUT2D eigenvalue weighted by Gasteiger charge is 2.04. The number of ether oxygens (including phenoxy) is 2. The number of esters is 1. The van der Waals surface area contributed by atoms with E-state index in [1.807, 2.05) is 31.2 Å². The first-order valence-corrected chi connectivity index (χ1v) is 6.13. The molecule has 3 heteroatoms. The Hall–Kier alpha value is -1.51. The lowest BCUT2D eigenvalue weighted by molar-refractivity contribution is -0.142. The molecule has 0 unspecified atom stereocenters. The molecule has 0 atom stereocenters. The van der Waals surface area contributed by atoms with Gasteiger partial charge in [0.05, 0.1) is 19.6 Å². The van der Waals surface area contributed by atoms with Crippen molar-refractivity contribution >= 4 is 5.97 Å². The summed E-state index contributed by atoms with van der Waals surface area (Å²) < 4.78 is 10.5. The van der Waals surface area contributed by atoms with E-state index in [0.29, 0.717) is 13.0 Å². The third-order valence-electron chi connectivity index (χ3n) is 2.21. The van der Waals surface area contributed by atoms with Crippen LogP contribution in [0.15, 0.2) is 24.3 Å². The SMILES string of the molecule is CCCOC(=O)Cc1ccc(OCCC)cc1. The molecule has 0 radical (unpaired) electrons. The molecule has 3 nitrogen and oxygen atoms in total. The molecule has 0 heterocycles. The van der Waals surface area contributed by atoms with E-state index in [2.05, 4.69) is 6.92 Å². The van der Waals surface area contributed by atoms with E-state index in [0.717, 1.165) is 30.8 Å². The summed E-state index contributed by atoms with van der Waals surface area (Å²) in [7, 11) is 0. The van der Waals surface area contributed by atoms with Crippen molar-refractivity contribution in [3.05, 3.63) is 29.8 Å². The van der Waals surface area contributed by atoms with Crippen LogP contribution < -0.4 is 4.74 Å². The summed E-state index contributed by atoms with van der Waals surface area (Å²) in [5, 5.41) is 0. The van der Waals surface area contributed by atoms with Crippen LogP contribution in [0.4, 0.5) is 0 Å². The van der Waals surface area contributed by atoms with Crippen molar-refractivity contribution in [3.63, 3.8) is 0 Å². The third-order valence-corrected chi connectivity index (χ3v) is 2.21. The standard InChI is InChI=1S/C14H20O3/c1-3-9-16-13-7-5-12(6-8-13)11-14(15)17-10-4-2/h5-8H,3-4,9-11H2,1-2H3. The lowest BCUT2D eigenvalue weighted by Crippen LogP contribution is -2.08. The van der Waals surface area contributed by atoms with Gasteiger partial charge in [-0.1, -0.05) is 26.0 Å². The Morgan fingerprint density at radius 3 is 2.29 bits per heavy atom. The Kier molecular flexibility index (Phi) is 6.15. The number of benzene rings is 1. The van der Waals surface area contributed by atoms with Crippen LogP contribution in [0.25, 0.3) is 0 Å². The van der Waals surface area contributed by atoms with Crippen molar-refractivity contribution in [3.8, 4) is 5.75 Å². The van der Waals surface area contributed by atoms with E-state index in [1.165, 1.54) is 0 Å². The zero-order chi connectivity index (χ0) is 12.5. The Morgan fingerprint density at radius 1 is 1.06 bits per heavy atom. The van der Waals surface area contributed by atoms with Gasteiger partial charge in [0.25, 0.3) is 0 Å². The molecule has 1 aromatic rings. The largest absolute Gasteiger partial charge is 0.494 e. The van der Waals surface area contributed by atoms with Gasteiger partial charge in [-0.05, 0) is 30.5 Å². The van der Waals surface area contributed by atoms with Crippen LogP contribution in [-0.4, -0.2) is 19.2 Å². The van der Waals surface area contributed by atoms with Gasteiger partial charge in [-0.3, -0.25) is 4.79 Å². The Bertz CT molecular complexity index is 330. The molecule has 0 amide bonds. The molecule has 0 saturated carbocycles. The summed E-state index contributed by atoms with van der Waals surface area (Å²) in [6.45, 7) is 5.26. The van der Waals surface area contributed by atoms with Crippen LogP contribution in [0.2, 0.25) is 0 Å². The maximum atomic E-state index is 11.4. The summed E-state index contributed by atoms with van der Waals surface area (Å²) in [6, 6.07) is 7.58. The molecule has 94 valence electrons. The smallest absolute Gasteiger partial charge is 0.310 e. The van der Waals surface area contributed by atoms with E-state index in [4.69, 9.17) is 9.47 Å². The number of rotatable bonds is 7. The number of carbonyl (C=O) groups excluding carboxylic acids is 1. The Labute approximate surface area is 103 Å². The monoisotopic (exact) mass is 236 g/mol. The molecule has 0 spiro atoms. The first-order valence-electron chi connectivity index (χ1n) is 6.13. The van der Waals surface area contributed by atoms with Gasteiger partial charge < -0.3 is 9.47 Å². The third kappa shape index (κ3) is 5.38. The van der Waals surface area contributed by atoms with Gasteiger partial charge in [-0.25, -0.2) is 0 Å². The number of carbonyl (C=O) groups is 1. The van der Waals surface area contributed by atoms with Crippen molar-refractivity contribution in [1.29, 1.82) is 0 Å². The van der Waals surface area contributed by atoms with Gasteiger partial charge in [-0.15, -0.1) is 0 Å². The van der Waals surface area contributed by atoms with Crippen molar-refractivity contribution in [1.82, 2.24) is 0 Å². The van der Waals surface area contributed by atoms with Crippen LogP contribution in [0.5, 0.6) is 5.75 Å². The van der Waals surface area contributed by atoms with Crippen molar-refractivity contribution in [2.75, 3.05) is 13.2 Å². The van der Waals surface area contributed by atoms with Crippen molar-refractivity contribution in [2.45, 2.75) is 33.1 Å². The second-order valence-electron chi connectivity index (χ2n) is 3.89. The fraction of sp³-hybridized carbons (Fsp3) is 0.500. The lowest BCUT2D eigenvalue weighted by Gasteiger charge is -2.06. The predicted molar refractivity (Wildman–Crippen MR) is 67.2 cm³/mol. The zero-order valence-corrected chi connectivity index (χ0v) is 10.6. The molecule has 17 heavy (non-hydrogen) atoms. The minimum absolute atomic E-state index is 0.172. The van der Waals surface area contributed by atoms with Crippen LogP contribution >= 0.6 is 0 Å². The normalized spacial score (nSPS) is 10.0. The molecule has 0 fully saturated rings. The van der Waals surface area contributed by atoms with E-state index in [9.17, 15) is 4.79 Å². The van der Waals surface area contributed by atoms with Gasteiger partial charge in [-0.2, -0.15) is 0 Å². The molecule has 0 bridgehead atoms. The molecule has 0 N–H and O–H groups in total. The topological polar surface area (TPSA) is 35.5 Å². The first-order chi connectivity index (χ1) is 8.26. The van der Waals surface area contributed by atoms with E-state index in [1.54, 1.807) is 0 Å². The van der Waals surface area contributed by atoms with E-state index >= 15 is 0 Å². The molecule has 1 aromatic carbocycles. The van der Waals surface area contributed by atoms with Gasteiger partial charge in [0.1, 0.15) is 5.75 Å². The van der Waals surface area contributed by atoms with Crippen LogP contribution in [-0.2, 0) is 16.0 Å². The van der Waals surface area contributed by atoms with Gasteiger partial charge >= 0.3 is 5.97 Å². The lowest BCUT2D eigenvalue weighted by atomic mass is 10.1. The van der Waals surface area contributed by atoms with Crippen LogP contribution in [0.1, 0.15) is 32.3 Å². The Morgan fingerprint density at radius 2 is 1.71 bits per heavy atom. The average Bonchev–Trinajstić information content (AvgIpc) is 2.35. The Balaban J connectivity index is 2.42. The highest BCUT2D eigenvalue weighted by atomic mass is 16.5. The second-order valence-corrected chi connectivity index (χ2v) is 3.89. The van der Waals surface area contributed by atoms with Crippen molar-refractivity contribution < 1.29 is 14.3 Å². The summed E-state index contributed by atoms with van der Waals surface area (Å²) in [5.41, 5.74) is 0.954. The molecule has 0 saturated heterocycles. The molecule has 0 aliphatic carbocycles. The molecule has 1 rings (SSSR count). The van der Waals surface area contributed by atoms with E-state index < -0.39 is 0 Å². The van der Waals surface area contributed by atoms with Gasteiger partial charge in [0.15, 0.2) is 0 Å². The highest BCUT2D eigenvalue weighted by molar-refractivity contribution is 5.72. The first kappa shape index (κ1) is 13.6. The zero-order valence-electron chi connectivity index (χ0n) is 10.6. The van der Waals surface area contributed by atoms with Gasteiger partial charge in [0.2, 0.25) is 0 Å². The molecule has 0 aromatic heterocycles. The molecular formula is C14H20O3. The number of hydrogen-bond acceptors (Lipinski definition) is 3. The molecule has 0 aliphatic rings. The molecular weight excluding hydrogens is 216 g/mol. The van der Waals surface area contributed by atoms with Gasteiger partial charge in [0, 0.05) is 0 Å². The number of hydrogen-bond donors (Lipinski definition) is 0. The summed E-state index contributed by atoms with van der Waals surface area (Å²) in [4.78, 5) is 11.4. The van der Waals surface area contributed by atoms with Crippen LogP contribution in [0.3, 0.4) is 0 Å². The minimum atomic E-state index is -0.172. The maximum absolute atomic E-state index is 11.4. The second kappa shape index (κ2) is 7.71. The fourth-order valence-corrected chi connectivity index (χ4v) is 1.36. The minimum Gasteiger partial charge on any atom is -0.494 e.